The van der Waals surface area contributed by atoms with Crippen molar-refractivity contribution in [2.75, 3.05) is 26.3 Å². The first-order valence-corrected chi connectivity index (χ1v) is 8.36. The first kappa shape index (κ1) is 14.5. The monoisotopic (exact) mass is 314 g/mol. The summed E-state index contributed by atoms with van der Waals surface area (Å²) in [5.74, 6) is 0. The number of hydrogen-bond acceptors (Lipinski definition) is 3. The number of carbonyl (C=O) groups excluding carboxylic acids is 1. The van der Waals surface area contributed by atoms with Crippen molar-refractivity contribution < 1.29 is 9.53 Å². The molecule has 1 aromatic carbocycles. The fourth-order valence-corrected chi connectivity index (χ4v) is 3.53. The Kier molecular flexibility index (Phi) is 3.91. The number of hydrogen-bond donors (Lipinski definition) is 1. The lowest BCUT2D eigenvalue weighted by atomic mass is 10.1. The SMILES string of the molecule is O=C(NC1CCOCC1)N1CC[C@@H](n2cnc3ccccc32)C1. The Morgan fingerprint density at radius 3 is 2.91 bits per heavy atom. The zero-order valence-electron chi connectivity index (χ0n) is 13.1. The quantitative estimate of drug-likeness (QED) is 0.924. The van der Waals surface area contributed by atoms with Gasteiger partial charge in [-0.1, -0.05) is 12.1 Å². The third-order valence-corrected chi connectivity index (χ3v) is 4.87. The summed E-state index contributed by atoms with van der Waals surface area (Å²) in [6, 6.07) is 8.77. The Balaban J connectivity index is 1.41. The molecule has 0 spiro atoms. The van der Waals surface area contributed by atoms with Crippen molar-refractivity contribution in [3.8, 4) is 0 Å². The van der Waals surface area contributed by atoms with E-state index < -0.39 is 0 Å². The molecule has 4 rings (SSSR count). The summed E-state index contributed by atoms with van der Waals surface area (Å²) in [6.45, 7) is 3.03. The number of carbonyl (C=O) groups is 1. The van der Waals surface area contributed by atoms with Crippen LogP contribution in [0.2, 0.25) is 0 Å². The topological polar surface area (TPSA) is 59.4 Å². The highest BCUT2D eigenvalue weighted by Crippen LogP contribution is 2.26. The van der Waals surface area contributed by atoms with E-state index in [4.69, 9.17) is 4.74 Å². The van der Waals surface area contributed by atoms with E-state index in [1.165, 1.54) is 0 Å². The zero-order valence-corrected chi connectivity index (χ0v) is 13.1. The van der Waals surface area contributed by atoms with Crippen LogP contribution >= 0.6 is 0 Å². The number of nitrogens with zero attached hydrogens (tertiary/aromatic N) is 3. The maximum absolute atomic E-state index is 12.4. The van der Waals surface area contributed by atoms with E-state index in [2.05, 4.69) is 20.9 Å². The van der Waals surface area contributed by atoms with Crippen molar-refractivity contribution in [2.24, 2.45) is 0 Å². The summed E-state index contributed by atoms with van der Waals surface area (Å²) in [5.41, 5.74) is 2.15. The van der Waals surface area contributed by atoms with Gasteiger partial charge >= 0.3 is 6.03 Å². The van der Waals surface area contributed by atoms with E-state index in [0.717, 1.165) is 56.6 Å². The molecule has 23 heavy (non-hydrogen) atoms. The Morgan fingerprint density at radius 2 is 2.04 bits per heavy atom. The second kappa shape index (κ2) is 6.20. The summed E-state index contributed by atoms with van der Waals surface area (Å²) in [4.78, 5) is 18.8. The summed E-state index contributed by atoms with van der Waals surface area (Å²) < 4.78 is 7.54. The van der Waals surface area contributed by atoms with Gasteiger partial charge in [0.05, 0.1) is 23.4 Å². The van der Waals surface area contributed by atoms with Gasteiger partial charge in [-0.3, -0.25) is 0 Å². The van der Waals surface area contributed by atoms with E-state index in [1.807, 2.05) is 29.4 Å². The van der Waals surface area contributed by atoms with Crippen LogP contribution in [0.5, 0.6) is 0 Å². The number of rotatable bonds is 2. The number of amides is 2. The van der Waals surface area contributed by atoms with Crippen LogP contribution in [0.25, 0.3) is 11.0 Å². The molecule has 0 bridgehead atoms. The van der Waals surface area contributed by atoms with Gasteiger partial charge < -0.3 is 19.5 Å². The van der Waals surface area contributed by atoms with Gasteiger partial charge in [-0.15, -0.1) is 0 Å². The normalized spacial score (nSPS) is 22.6. The highest BCUT2D eigenvalue weighted by Gasteiger charge is 2.29. The third-order valence-electron chi connectivity index (χ3n) is 4.87. The summed E-state index contributed by atoms with van der Waals surface area (Å²) >= 11 is 0. The van der Waals surface area contributed by atoms with E-state index in [1.54, 1.807) is 0 Å². The van der Waals surface area contributed by atoms with Crippen LogP contribution < -0.4 is 5.32 Å². The van der Waals surface area contributed by atoms with Gasteiger partial charge in [0.1, 0.15) is 0 Å². The number of fused-ring (bicyclic) bond motifs is 1. The van der Waals surface area contributed by atoms with Crippen molar-refractivity contribution in [2.45, 2.75) is 31.3 Å². The lowest BCUT2D eigenvalue weighted by Gasteiger charge is -2.26. The maximum atomic E-state index is 12.4. The minimum absolute atomic E-state index is 0.0591. The van der Waals surface area contributed by atoms with Crippen LogP contribution in [0, 0.1) is 0 Å². The van der Waals surface area contributed by atoms with Crippen LogP contribution in [0.4, 0.5) is 4.79 Å². The lowest BCUT2D eigenvalue weighted by molar-refractivity contribution is 0.0784. The Morgan fingerprint density at radius 1 is 1.22 bits per heavy atom. The first-order chi connectivity index (χ1) is 11.3. The molecule has 1 atom stereocenters. The second-order valence-corrected chi connectivity index (χ2v) is 6.37. The number of urea groups is 1. The average molecular weight is 314 g/mol. The number of aromatic nitrogens is 2. The highest BCUT2D eigenvalue weighted by molar-refractivity contribution is 5.76. The van der Waals surface area contributed by atoms with Crippen molar-refractivity contribution in [1.29, 1.82) is 0 Å². The fraction of sp³-hybridized carbons (Fsp3) is 0.529. The van der Waals surface area contributed by atoms with Crippen LogP contribution in [-0.4, -0.2) is 52.8 Å². The van der Waals surface area contributed by atoms with Crippen molar-refractivity contribution in [3.63, 3.8) is 0 Å². The van der Waals surface area contributed by atoms with Gasteiger partial charge in [0, 0.05) is 32.3 Å². The van der Waals surface area contributed by atoms with Gasteiger partial charge in [-0.05, 0) is 31.4 Å². The molecule has 2 saturated heterocycles. The largest absolute Gasteiger partial charge is 0.381 e. The molecule has 1 N–H and O–H groups in total. The Bertz CT molecular complexity index is 693. The Labute approximate surface area is 135 Å². The smallest absolute Gasteiger partial charge is 0.317 e. The minimum atomic E-state index is 0.0591. The molecule has 0 unspecified atom stereocenters. The molecule has 0 saturated carbocycles. The molecular weight excluding hydrogens is 292 g/mol. The molecule has 0 aliphatic carbocycles. The fourth-order valence-electron chi connectivity index (χ4n) is 3.53. The number of para-hydroxylation sites is 2. The molecule has 6 heteroatoms. The molecule has 2 aliphatic rings. The second-order valence-electron chi connectivity index (χ2n) is 6.37. The molecule has 2 amide bonds. The van der Waals surface area contributed by atoms with Crippen molar-refractivity contribution in [1.82, 2.24) is 19.8 Å². The molecule has 0 radical (unpaired) electrons. The number of nitrogens with one attached hydrogen (secondary N) is 1. The number of likely N-dealkylation sites (tertiary alicyclic amines) is 1. The average Bonchev–Trinajstić information content (AvgIpc) is 3.22. The number of ether oxygens (including phenoxy) is 1. The van der Waals surface area contributed by atoms with Crippen LogP contribution in [0.15, 0.2) is 30.6 Å². The van der Waals surface area contributed by atoms with E-state index >= 15 is 0 Å². The van der Waals surface area contributed by atoms with Crippen molar-refractivity contribution in [3.05, 3.63) is 30.6 Å². The van der Waals surface area contributed by atoms with Crippen LogP contribution in [-0.2, 0) is 4.74 Å². The van der Waals surface area contributed by atoms with Crippen molar-refractivity contribution >= 4 is 17.1 Å². The van der Waals surface area contributed by atoms with E-state index in [-0.39, 0.29) is 12.1 Å². The molecule has 2 aliphatic heterocycles. The summed E-state index contributed by atoms with van der Waals surface area (Å²) in [5, 5.41) is 3.15. The van der Waals surface area contributed by atoms with Crippen LogP contribution in [0.3, 0.4) is 0 Å². The standard InChI is InChI=1S/C17H22N4O2/c22-17(19-13-6-9-23-10-7-13)20-8-5-14(11-20)21-12-18-15-3-1-2-4-16(15)21/h1-4,12-14H,5-11H2,(H,19,22)/t14-/m1/s1. The molecule has 6 nitrogen and oxygen atoms in total. The van der Waals surface area contributed by atoms with Gasteiger partial charge in [-0.25, -0.2) is 9.78 Å². The van der Waals surface area contributed by atoms with Gasteiger partial charge in [-0.2, -0.15) is 0 Å². The van der Waals surface area contributed by atoms with E-state index in [0.29, 0.717) is 6.04 Å². The number of imidazole rings is 1. The predicted molar refractivity (Wildman–Crippen MR) is 87.3 cm³/mol. The number of benzene rings is 1. The highest BCUT2D eigenvalue weighted by atomic mass is 16.5. The van der Waals surface area contributed by atoms with Gasteiger partial charge in [0.2, 0.25) is 0 Å². The molecule has 3 heterocycles. The molecule has 122 valence electrons. The van der Waals surface area contributed by atoms with Gasteiger partial charge in [0.25, 0.3) is 0 Å². The molecule has 2 aromatic rings. The van der Waals surface area contributed by atoms with E-state index in [9.17, 15) is 4.79 Å². The van der Waals surface area contributed by atoms with Gasteiger partial charge in [0.15, 0.2) is 0 Å². The lowest BCUT2D eigenvalue weighted by Crippen LogP contribution is -2.45. The Hall–Kier alpha value is -2.08. The predicted octanol–water partition coefficient (Wildman–Crippen LogP) is 2.17. The minimum Gasteiger partial charge on any atom is -0.381 e. The zero-order chi connectivity index (χ0) is 15.6. The maximum Gasteiger partial charge on any atom is 0.317 e. The summed E-state index contributed by atoms with van der Waals surface area (Å²) in [6.07, 6.45) is 4.70. The molecule has 2 fully saturated rings. The first-order valence-electron chi connectivity index (χ1n) is 8.36. The van der Waals surface area contributed by atoms with Crippen LogP contribution in [0.1, 0.15) is 25.3 Å². The molecule has 1 aromatic heterocycles. The summed E-state index contributed by atoms with van der Waals surface area (Å²) in [7, 11) is 0. The third kappa shape index (κ3) is 2.91. The molecular formula is C17H22N4O2.